The molecule has 0 aromatic rings. The van der Waals surface area contributed by atoms with Gasteiger partial charge in [0.05, 0.1) is 25.7 Å². The normalized spacial score (nSPS) is 22.1. The number of aliphatic hydroxyl groups is 1. The van der Waals surface area contributed by atoms with Crippen LogP contribution in [0.25, 0.3) is 0 Å². The summed E-state index contributed by atoms with van der Waals surface area (Å²) < 4.78 is 4.72. The zero-order chi connectivity index (χ0) is 11.4. The van der Waals surface area contributed by atoms with Crippen molar-refractivity contribution in [2.24, 2.45) is 0 Å². The Morgan fingerprint density at radius 1 is 1.73 bits per heavy atom. The van der Waals surface area contributed by atoms with E-state index < -0.39 is 12.1 Å². The summed E-state index contributed by atoms with van der Waals surface area (Å²) in [5.74, 6) is -0.635. The van der Waals surface area contributed by atoms with Gasteiger partial charge in [-0.2, -0.15) is 0 Å². The van der Waals surface area contributed by atoms with Crippen LogP contribution in [0.3, 0.4) is 0 Å². The molecule has 1 heterocycles. The average molecular weight is 213 g/mol. The van der Waals surface area contributed by atoms with E-state index in [0.717, 1.165) is 0 Å². The number of carbonyl (C=O) groups is 2. The van der Waals surface area contributed by atoms with Gasteiger partial charge in [0.2, 0.25) is 5.91 Å². The van der Waals surface area contributed by atoms with Gasteiger partial charge in [-0.15, -0.1) is 0 Å². The first-order valence-corrected chi connectivity index (χ1v) is 4.88. The highest BCUT2D eigenvalue weighted by atomic mass is 16.5. The molecule has 1 amide bonds. The van der Waals surface area contributed by atoms with E-state index in [1.807, 2.05) is 0 Å². The summed E-state index contributed by atoms with van der Waals surface area (Å²) in [4.78, 5) is 23.8. The largest absolute Gasteiger partial charge is 0.463 e. The summed E-state index contributed by atoms with van der Waals surface area (Å²) in [5.41, 5.74) is 0.509. The molecule has 1 N–H and O–H groups in total. The molecular weight excluding hydrogens is 198 g/mol. The Kier molecular flexibility index (Phi) is 3.85. The van der Waals surface area contributed by atoms with Crippen molar-refractivity contribution in [1.29, 1.82) is 0 Å². The fourth-order valence-electron chi connectivity index (χ4n) is 1.46. The highest BCUT2D eigenvalue weighted by Crippen LogP contribution is 2.16. The molecule has 5 heteroatoms. The smallest absolute Gasteiger partial charge is 0.332 e. The van der Waals surface area contributed by atoms with E-state index in [2.05, 4.69) is 0 Å². The van der Waals surface area contributed by atoms with Gasteiger partial charge >= 0.3 is 5.97 Å². The Hall–Kier alpha value is -1.36. The van der Waals surface area contributed by atoms with Crippen LogP contribution in [0, 0.1) is 0 Å². The highest BCUT2D eigenvalue weighted by Gasteiger charge is 2.29. The summed E-state index contributed by atoms with van der Waals surface area (Å²) >= 11 is 0. The minimum atomic E-state index is -0.636. The van der Waals surface area contributed by atoms with E-state index in [1.165, 1.54) is 11.0 Å². The second kappa shape index (κ2) is 4.93. The molecule has 0 saturated carbocycles. The van der Waals surface area contributed by atoms with Crippen molar-refractivity contribution in [3.8, 4) is 0 Å². The van der Waals surface area contributed by atoms with Gasteiger partial charge in [-0.3, -0.25) is 4.79 Å². The van der Waals surface area contributed by atoms with Gasteiger partial charge in [0.1, 0.15) is 0 Å². The maximum atomic E-state index is 11.3. The fraction of sp³-hybridized carbons (Fsp3) is 0.600. The van der Waals surface area contributed by atoms with E-state index >= 15 is 0 Å². The van der Waals surface area contributed by atoms with Crippen molar-refractivity contribution in [1.82, 2.24) is 4.90 Å². The second-order valence-electron chi connectivity index (χ2n) is 3.40. The van der Waals surface area contributed by atoms with Crippen LogP contribution in [0.2, 0.25) is 0 Å². The number of esters is 1. The Morgan fingerprint density at radius 2 is 2.40 bits per heavy atom. The van der Waals surface area contributed by atoms with Gasteiger partial charge in [-0.1, -0.05) is 0 Å². The number of hydrogen-bond acceptors (Lipinski definition) is 4. The number of rotatable bonds is 3. The van der Waals surface area contributed by atoms with Crippen molar-refractivity contribution in [3.05, 3.63) is 11.8 Å². The summed E-state index contributed by atoms with van der Waals surface area (Å²) in [7, 11) is 0. The topological polar surface area (TPSA) is 66.8 Å². The minimum Gasteiger partial charge on any atom is -0.463 e. The molecule has 0 spiro atoms. The van der Waals surface area contributed by atoms with Crippen LogP contribution in [0.4, 0.5) is 0 Å². The van der Waals surface area contributed by atoms with Crippen LogP contribution in [0.5, 0.6) is 0 Å². The molecule has 0 radical (unpaired) electrons. The molecule has 1 fully saturated rings. The predicted octanol–water partition coefficient (Wildman–Crippen LogP) is 0.0465. The number of likely N-dealkylation sites (tertiary alicyclic amines) is 1. The SMILES string of the molecule is CCOC(=O)C=C(C)N1CC(O)CC1=O. The Balaban J connectivity index is 2.63. The lowest BCUT2D eigenvalue weighted by Crippen LogP contribution is -2.24. The first kappa shape index (κ1) is 11.7. The third-order valence-corrected chi connectivity index (χ3v) is 2.14. The number of β-amino-alcohol motifs (C(OH)–C–C–N with tert-alkyl or cyclic N) is 1. The number of allylic oxidation sites excluding steroid dienone is 1. The van der Waals surface area contributed by atoms with Gasteiger partial charge in [0, 0.05) is 11.8 Å². The van der Waals surface area contributed by atoms with Gasteiger partial charge in [-0.05, 0) is 13.8 Å². The van der Waals surface area contributed by atoms with Crippen LogP contribution in [0.15, 0.2) is 11.8 Å². The Labute approximate surface area is 88.3 Å². The molecule has 84 valence electrons. The lowest BCUT2D eigenvalue weighted by atomic mass is 10.3. The summed E-state index contributed by atoms with van der Waals surface area (Å²) in [5, 5.41) is 9.25. The van der Waals surface area contributed by atoms with Gasteiger partial charge in [-0.25, -0.2) is 4.79 Å². The molecule has 0 aliphatic carbocycles. The third kappa shape index (κ3) is 3.06. The number of ether oxygens (including phenoxy) is 1. The molecule has 1 aliphatic heterocycles. The lowest BCUT2D eigenvalue weighted by molar-refractivity contribution is -0.137. The number of carbonyl (C=O) groups excluding carboxylic acids is 2. The molecule has 0 aromatic heterocycles. The van der Waals surface area contributed by atoms with Gasteiger partial charge in [0.25, 0.3) is 0 Å². The van der Waals surface area contributed by atoms with Crippen LogP contribution >= 0.6 is 0 Å². The first-order chi connectivity index (χ1) is 7.04. The Morgan fingerprint density at radius 3 is 2.87 bits per heavy atom. The van der Waals surface area contributed by atoms with E-state index in [0.29, 0.717) is 12.3 Å². The van der Waals surface area contributed by atoms with Gasteiger partial charge < -0.3 is 14.7 Å². The standard InChI is InChI=1S/C10H15NO4/c1-3-15-10(14)4-7(2)11-6-8(12)5-9(11)13/h4,8,12H,3,5-6H2,1-2H3. The summed E-state index contributed by atoms with van der Waals surface area (Å²) in [6, 6.07) is 0. The van der Waals surface area contributed by atoms with E-state index in [1.54, 1.807) is 13.8 Å². The zero-order valence-electron chi connectivity index (χ0n) is 8.90. The lowest BCUT2D eigenvalue weighted by Gasteiger charge is -2.15. The highest BCUT2D eigenvalue weighted by molar-refractivity contribution is 5.86. The molecule has 1 unspecified atom stereocenters. The first-order valence-electron chi connectivity index (χ1n) is 4.88. The van der Waals surface area contributed by atoms with Crippen molar-refractivity contribution >= 4 is 11.9 Å². The number of aliphatic hydroxyl groups excluding tert-OH is 1. The molecule has 0 bridgehead atoms. The van der Waals surface area contributed by atoms with E-state index in [9.17, 15) is 14.7 Å². The number of nitrogens with zero attached hydrogens (tertiary/aromatic N) is 1. The van der Waals surface area contributed by atoms with Crippen LogP contribution in [-0.2, 0) is 14.3 Å². The fourth-order valence-corrected chi connectivity index (χ4v) is 1.46. The summed E-state index contributed by atoms with van der Waals surface area (Å²) in [6.45, 7) is 3.92. The number of amides is 1. The third-order valence-electron chi connectivity index (χ3n) is 2.14. The quantitative estimate of drug-likeness (QED) is 0.531. The molecule has 1 aliphatic rings. The van der Waals surface area contributed by atoms with E-state index in [-0.39, 0.29) is 18.9 Å². The van der Waals surface area contributed by atoms with Crippen LogP contribution < -0.4 is 0 Å². The Bertz CT molecular complexity index is 298. The zero-order valence-corrected chi connectivity index (χ0v) is 8.90. The second-order valence-corrected chi connectivity index (χ2v) is 3.40. The molecule has 0 aromatic carbocycles. The van der Waals surface area contributed by atoms with Crippen molar-refractivity contribution < 1.29 is 19.4 Å². The van der Waals surface area contributed by atoms with Gasteiger partial charge in [0.15, 0.2) is 0 Å². The average Bonchev–Trinajstić information content (AvgIpc) is 2.45. The van der Waals surface area contributed by atoms with Crippen molar-refractivity contribution in [3.63, 3.8) is 0 Å². The summed E-state index contributed by atoms with van der Waals surface area (Å²) in [6.07, 6.45) is 0.746. The van der Waals surface area contributed by atoms with Crippen molar-refractivity contribution in [2.75, 3.05) is 13.2 Å². The van der Waals surface area contributed by atoms with Crippen LogP contribution in [0.1, 0.15) is 20.3 Å². The molecule has 1 atom stereocenters. The van der Waals surface area contributed by atoms with Crippen LogP contribution in [-0.4, -0.2) is 41.1 Å². The number of hydrogen-bond donors (Lipinski definition) is 1. The maximum Gasteiger partial charge on any atom is 0.332 e. The van der Waals surface area contributed by atoms with Crippen molar-refractivity contribution in [2.45, 2.75) is 26.4 Å². The molecule has 1 saturated heterocycles. The molecular formula is C10H15NO4. The predicted molar refractivity (Wildman–Crippen MR) is 52.7 cm³/mol. The maximum absolute atomic E-state index is 11.3. The molecule has 15 heavy (non-hydrogen) atoms. The minimum absolute atomic E-state index is 0.119. The monoisotopic (exact) mass is 213 g/mol. The van der Waals surface area contributed by atoms with E-state index in [4.69, 9.17) is 4.74 Å². The molecule has 5 nitrogen and oxygen atoms in total. The molecule has 1 rings (SSSR count).